The van der Waals surface area contributed by atoms with Crippen molar-refractivity contribution >= 4 is 11.7 Å². The van der Waals surface area contributed by atoms with Crippen LogP contribution >= 0.6 is 0 Å². The van der Waals surface area contributed by atoms with E-state index in [1.54, 1.807) is 0 Å². The summed E-state index contributed by atoms with van der Waals surface area (Å²) in [5.41, 5.74) is 0.539. The molecule has 2 fully saturated rings. The first-order valence-corrected chi connectivity index (χ1v) is 8.22. The van der Waals surface area contributed by atoms with Gasteiger partial charge in [0, 0.05) is 45.3 Å². The van der Waals surface area contributed by atoms with Gasteiger partial charge in [-0.05, 0) is 33.2 Å². The van der Waals surface area contributed by atoms with Crippen LogP contribution in [-0.4, -0.2) is 72.0 Å². The van der Waals surface area contributed by atoms with Crippen LogP contribution in [0.3, 0.4) is 0 Å². The Balaban J connectivity index is 1.78. The van der Waals surface area contributed by atoms with Gasteiger partial charge in [0.05, 0.1) is 0 Å². The molecule has 0 radical (unpaired) electrons. The van der Waals surface area contributed by atoms with Crippen LogP contribution in [0, 0.1) is 6.92 Å². The van der Waals surface area contributed by atoms with Crippen molar-refractivity contribution in [1.82, 2.24) is 19.8 Å². The number of aromatic nitrogens is 2. The number of amides is 1. The van der Waals surface area contributed by atoms with Crippen molar-refractivity contribution in [1.29, 1.82) is 0 Å². The molecule has 6 nitrogen and oxygen atoms in total. The van der Waals surface area contributed by atoms with E-state index >= 15 is 0 Å². The Morgan fingerprint density at radius 3 is 2.36 bits per heavy atom. The number of carbonyl (C=O) groups excluding carboxylic acids is 1. The van der Waals surface area contributed by atoms with E-state index in [0.29, 0.717) is 11.5 Å². The molecule has 120 valence electrons. The van der Waals surface area contributed by atoms with Crippen LogP contribution in [0.2, 0.25) is 0 Å². The van der Waals surface area contributed by atoms with E-state index in [1.165, 1.54) is 19.3 Å². The third-order valence-corrected chi connectivity index (χ3v) is 4.51. The van der Waals surface area contributed by atoms with Crippen molar-refractivity contribution < 1.29 is 4.79 Å². The van der Waals surface area contributed by atoms with Gasteiger partial charge in [0.1, 0.15) is 17.3 Å². The molecular formula is C16H25N5O. The highest BCUT2D eigenvalue weighted by Gasteiger charge is 2.23. The van der Waals surface area contributed by atoms with E-state index in [4.69, 9.17) is 0 Å². The second-order valence-corrected chi connectivity index (χ2v) is 6.30. The van der Waals surface area contributed by atoms with Gasteiger partial charge in [-0.15, -0.1) is 0 Å². The summed E-state index contributed by atoms with van der Waals surface area (Å²) >= 11 is 0. The predicted molar refractivity (Wildman–Crippen MR) is 86.2 cm³/mol. The van der Waals surface area contributed by atoms with Gasteiger partial charge in [0.15, 0.2) is 0 Å². The summed E-state index contributed by atoms with van der Waals surface area (Å²) in [5, 5.41) is 0. The van der Waals surface area contributed by atoms with E-state index in [9.17, 15) is 4.79 Å². The lowest BCUT2D eigenvalue weighted by Gasteiger charge is -2.32. The highest BCUT2D eigenvalue weighted by molar-refractivity contribution is 5.93. The zero-order valence-corrected chi connectivity index (χ0v) is 13.6. The molecule has 2 aliphatic rings. The van der Waals surface area contributed by atoms with Gasteiger partial charge in [-0.2, -0.15) is 0 Å². The predicted octanol–water partition coefficient (Wildman–Crippen LogP) is 1.16. The van der Waals surface area contributed by atoms with Gasteiger partial charge in [-0.1, -0.05) is 0 Å². The average Bonchev–Trinajstić information content (AvgIpc) is 2.55. The molecule has 1 amide bonds. The fraction of sp³-hybridized carbons (Fsp3) is 0.688. The maximum atomic E-state index is 12.7. The highest BCUT2D eigenvalue weighted by atomic mass is 16.2. The van der Waals surface area contributed by atoms with Crippen molar-refractivity contribution in [2.45, 2.75) is 26.2 Å². The van der Waals surface area contributed by atoms with Crippen LogP contribution in [0.1, 0.15) is 35.6 Å². The van der Waals surface area contributed by atoms with Gasteiger partial charge >= 0.3 is 0 Å². The minimum Gasteiger partial charge on any atom is -0.356 e. The third-order valence-electron chi connectivity index (χ3n) is 4.51. The average molecular weight is 303 g/mol. The number of likely N-dealkylation sites (N-methyl/N-ethyl adjacent to an activating group) is 1. The summed E-state index contributed by atoms with van der Waals surface area (Å²) in [4.78, 5) is 28.0. The third kappa shape index (κ3) is 3.38. The van der Waals surface area contributed by atoms with E-state index in [1.807, 2.05) is 17.9 Å². The normalized spacial score (nSPS) is 20.3. The van der Waals surface area contributed by atoms with Gasteiger partial charge in [0.2, 0.25) is 0 Å². The number of piperidine rings is 1. The molecule has 2 saturated heterocycles. The first-order chi connectivity index (χ1) is 10.6. The molecule has 3 rings (SSSR count). The van der Waals surface area contributed by atoms with Gasteiger partial charge in [0.25, 0.3) is 5.91 Å². The Bertz CT molecular complexity index is 533. The zero-order valence-electron chi connectivity index (χ0n) is 13.6. The lowest BCUT2D eigenvalue weighted by Crippen LogP contribution is -2.47. The molecule has 0 spiro atoms. The molecule has 0 bridgehead atoms. The maximum absolute atomic E-state index is 12.7. The number of nitrogens with zero attached hydrogens (tertiary/aromatic N) is 5. The van der Waals surface area contributed by atoms with Gasteiger partial charge < -0.3 is 14.7 Å². The molecule has 0 aliphatic carbocycles. The zero-order chi connectivity index (χ0) is 15.5. The highest BCUT2D eigenvalue weighted by Crippen LogP contribution is 2.19. The fourth-order valence-corrected chi connectivity index (χ4v) is 3.12. The van der Waals surface area contributed by atoms with Crippen molar-refractivity contribution in [3.63, 3.8) is 0 Å². The van der Waals surface area contributed by atoms with Crippen LogP contribution in [0.25, 0.3) is 0 Å². The topological polar surface area (TPSA) is 52.6 Å². The largest absolute Gasteiger partial charge is 0.356 e. The van der Waals surface area contributed by atoms with Crippen LogP contribution in [0.5, 0.6) is 0 Å². The summed E-state index contributed by atoms with van der Waals surface area (Å²) in [6.07, 6.45) is 3.68. The summed E-state index contributed by atoms with van der Waals surface area (Å²) in [7, 11) is 2.09. The Morgan fingerprint density at radius 1 is 1.00 bits per heavy atom. The van der Waals surface area contributed by atoms with Gasteiger partial charge in [-0.25, -0.2) is 9.97 Å². The van der Waals surface area contributed by atoms with Crippen LogP contribution in [0.4, 0.5) is 5.82 Å². The number of hydrogen-bond acceptors (Lipinski definition) is 5. The number of anilines is 1. The molecule has 22 heavy (non-hydrogen) atoms. The smallest absolute Gasteiger partial charge is 0.272 e. The quantitative estimate of drug-likeness (QED) is 0.821. The molecule has 6 heteroatoms. The summed E-state index contributed by atoms with van der Waals surface area (Å²) < 4.78 is 0. The Morgan fingerprint density at radius 2 is 1.68 bits per heavy atom. The number of hydrogen-bond donors (Lipinski definition) is 0. The molecule has 0 N–H and O–H groups in total. The standard InChI is InChI=1S/C16H25N5O/c1-13-17-14(16(22)21-10-8-19(2)9-11-21)12-15(18-13)20-6-4-3-5-7-20/h12H,3-11H2,1-2H3. The van der Waals surface area contributed by atoms with E-state index in [0.717, 1.165) is 45.1 Å². The summed E-state index contributed by atoms with van der Waals surface area (Å²) in [6, 6.07) is 1.87. The molecule has 0 aromatic carbocycles. The molecular weight excluding hydrogens is 278 g/mol. The SMILES string of the molecule is Cc1nc(C(=O)N2CCN(C)CC2)cc(N2CCCCC2)n1. The summed E-state index contributed by atoms with van der Waals surface area (Å²) in [5.74, 6) is 1.63. The lowest BCUT2D eigenvalue weighted by molar-refractivity contribution is 0.0658. The molecule has 0 saturated carbocycles. The molecule has 0 unspecified atom stereocenters. The lowest BCUT2D eigenvalue weighted by atomic mass is 10.1. The van der Waals surface area contributed by atoms with E-state index < -0.39 is 0 Å². The Kier molecular flexibility index (Phi) is 4.57. The van der Waals surface area contributed by atoms with Crippen molar-refractivity contribution in [3.8, 4) is 0 Å². The Labute approximate surface area is 132 Å². The molecule has 0 atom stereocenters. The number of piperazine rings is 1. The first kappa shape index (κ1) is 15.2. The van der Waals surface area contributed by atoms with Crippen molar-refractivity contribution in [2.24, 2.45) is 0 Å². The van der Waals surface area contributed by atoms with Gasteiger partial charge in [-0.3, -0.25) is 4.79 Å². The fourth-order valence-electron chi connectivity index (χ4n) is 3.12. The van der Waals surface area contributed by atoms with E-state index in [2.05, 4.69) is 26.8 Å². The van der Waals surface area contributed by atoms with Crippen LogP contribution in [-0.2, 0) is 0 Å². The van der Waals surface area contributed by atoms with Crippen molar-refractivity contribution in [3.05, 3.63) is 17.6 Å². The second kappa shape index (κ2) is 6.60. The molecule has 1 aromatic heterocycles. The van der Waals surface area contributed by atoms with Crippen LogP contribution in [0.15, 0.2) is 6.07 Å². The Hall–Kier alpha value is -1.69. The monoisotopic (exact) mass is 303 g/mol. The molecule has 3 heterocycles. The summed E-state index contributed by atoms with van der Waals surface area (Å²) in [6.45, 7) is 7.32. The van der Waals surface area contributed by atoms with Crippen LogP contribution < -0.4 is 4.90 Å². The maximum Gasteiger partial charge on any atom is 0.272 e. The number of carbonyl (C=O) groups is 1. The van der Waals surface area contributed by atoms with E-state index in [-0.39, 0.29) is 5.91 Å². The number of rotatable bonds is 2. The second-order valence-electron chi connectivity index (χ2n) is 6.30. The minimum absolute atomic E-state index is 0.0388. The first-order valence-electron chi connectivity index (χ1n) is 8.22. The molecule has 2 aliphatic heterocycles. The van der Waals surface area contributed by atoms with Crippen molar-refractivity contribution in [2.75, 3.05) is 51.2 Å². The minimum atomic E-state index is 0.0388. The molecule has 1 aromatic rings. The number of aryl methyl sites for hydroxylation is 1.